The van der Waals surface area contributed by atoms with E-state index in [0.29, 0.717) is 4.71 Å². The van der Waals surface area contributed by atoms with Gasteiger partial charge in [-0.1, -0.05) is 0 Å². The zero-order valence-corrected chi connectivity index (χ0v) is 7.00. The molecule has 1 saturated heterocycles. The van der Waals surface area contributed by atoms with Crippen LogP contribution in [-0.2, 0) is 4.79 Å². The Balaban J connectivity index is 2.07. The smallest absolute Gasteiger partial charge is 0.317 e. The van der Waals surface area contributed by atoms with Crippen molar-refractivity contribution in [3.63, 3.8) is 0 Å². The Bertz CT molecular complexity index is 125. The average molecular weight is 179 g/mol. The highest BCUT2D eigenvalue weighted by Gasteiger charge is 2.15. The lowest BCUT2D eigenvalue weighted by molar-refractivity contribution is -0.135. The van der Waals surface area contributed by atoms with Gasteiger partial charge in [0.15, 0.2) is 0 Å². The van der Waals surface area contributed by atoms with E-state index >= 15 is 0 Å². The Morgan fingerprint density at radius 2 is 2.20 bits per heavy atom. The van der Waals surface area contributed by atoms with Gasteiger partial charge in [-0.15, -0.1) is 23.5 Å². The Labute approximate surface area is 67.9 Å². The third-order valence-electron chi connectivity index (χ3n) is 1.04. The molecule has 1 fully saturated rings. The van der Waals surface area contributed by atoms with E-state index in [-0.39, 0.29) is 6.54 Å². The van der Waals surface area contributed by atoms with Crippen LogP contribution < -0.4 is 5.32 Å². The maximum Gasteiger partial charge on any atom is 0.317 e. The Hall–Kier alpha value is 0.130. The normalized spacial score (nSPS) is 19.6. The number of thioether (sulfide) groups is 2. The van der Waals surface area contributed by atoms with Crippen LogP contribution >= 0.6 is 23.5 Å². The fourth-order valence-electron chi connectivity index (χ4n) is 0.647. The molecule has 58 valence electrons. The van der Waals surface area contributed by atoms with E-state index in [1.807, 2.05) is 0 Å². The molecule has 5 heteroatoms. The number of rotatable bonds is 3. The van der Waals surface area contributed by atoms with Crippen molar-refractivity contribution in [2.45, 2.75) is 4.71 Å². The lowest BCUT2D eigenvalue weighted by atomic mass is 10.7. The quantitative estimate of drug-likeness (QED) is 0.657. The number of carboxylic acids is 1. The Morgan fingerprint density at radius 3 is 2.70 bits per heavy atom. The molecule has 3 nitrogen and oxygen atoms in total. The number of aliphatic carboxylic acids is 1. The van der Waals surface area contributed by atoms with Crippen molar-refractivity contribution in [1.82, 2.24) is 5.32 Å². The van der Waals surface area contributed by atoms with Gasteiger partial charge in [0, 0.05) is 11.5 Å². The summed E-state index contributed by atoms with van der Waals surface area (Å²) >= 11 is 3.55. The van der Waals surface area contributed by atoms with Crippen molar-refractivity contribution in [3.8, 4) is 0 Å². The standard InChI is InChI=1S/C5H9NO2S2/c7-4(8)3-6-5-9-1-2-10-5/h5-6H,1-3H2,(H,7,8). The van der Waals surface area contributed by atoms with Gasteiger partial charge in [-0.2, -0.15) is 0 Å². The second kappa shape index (κ2) is 4.10. The minimum absolute atomic E-state index is 0.0741. The number of carboxylic acid groups (broad SMARTS) is 1. The molecule has 0 aromatic rings. The van der Waals surface area contributed by atoms with E-state index in [1.165, 1.54) is 0 Å². The largest absolute Gasteiger partial charge is 0.480 e. The van der Waals surface area contributed by atoms with Gasteiger partial charge >= 0.3 is 5.97 Å². The predicted molar refractivity (Wildman–Crippen MR) is 44.3 cm³/mol. The van der Waals surface area contributed by atoms with Crippen molar-refractivity contribution in [3.05, 3.63) is 0 Å². The molecule has 1 rings (SSSR count). The van der Waals surface area contributed by atoms with E-state index < -0.39 is 5.97 Å². The van der Waals surface area contributed by atoms with Crippen LogP contribution in [0.1, 0.15) is 0 Å². The molecule has 1 aliphatic rings. The summed E-state index contributed by atoms with van der Waals surface area (Å²) in [5.41, 5.74) is 0. The number of hydrogen-bond donors (Lipinski definition) is 2. The zero-order valence-electron chi connectivity index (χ0n) is 5.37. The lowest BCUT2D eigenvalue weighted by Gasteiger charge is -2.06. The monoisotopic (exact) mass is 179 g/mol. The van der Waals surface area contributed by atoms with Crippen LogP contribution in [0.5, 0.6) is 0 Å². The first-order valence-electron chi connectivity index (χ1n) is 2.97. The molecular weight excluding hydrogens is 170 g/mol. The van der Waals surface area contributed by atoms with Gasteiger partial charge < -0.3 is 5.11 Å². The van der Waals surface area contributed by atoms with Gasteiger partial charge in [0.1, 0.15) is 4.71 Å². The van der Waals surface area contributed by atoms with Crippen LogP contribution in [0.15, 0.2) is 0 Å². The van der Waals surface area contributed by atoms with Crippen molar-refractivity contribution in [2.75, 3.05) is 18.1 Å². The molecule has 0 aromatic carbocycles. The van der Waals surface area contributed by atoms with Gasteiger partial charge in [-0.05, 0) is 0 Å². The van der Waals surface area contributed by atoms with Gasteiger partial charge in [0.25, 0.3) is 0 Å². The highest BCUT2D eigenvalue weighted by Crippen LogP contribution is 2.28. The second-order valence-electron chi connectivity index (χ2n) is 1.85. The van der Waals surface area contributed by atoms with Crippen molar-refractivity contribution in [1.29, 1.82) is 0 Å². The summed E-state index contributed by atoms with van der Waals surface area (Å²) in [6.45, 7) is 0.0741. The van der Waals surface area contributed by atoms with Gasteiger partial charge in [-0.25, -0.2) is 0 Å². The molecule has 0 aromatic heterocycles. The van der Waals surface area contributed by atoms with E-state index in [0.717, 1.165) is 11.5 Å². The van der Waals surface area contributed by atoms with Crippen molar-refractivity contribution < 1.29 is 9.90 Å². The lowest BCUT2D eigenvalue weighted by Crippen LogP contribution is -2.27. The first kappa shape index (κ1) is 8.23. The minimum Gasteiger partial charge on any atom is -0.480 e. The summed E-state index contributed by atoms with van der Waals surface area (Å²) in [4.78, 5) is 10.1. The maximum absolute atomic E-state index is 10.1. The van der Waals surface area contributed by atoms with E-state index in [2.05, 4.69) is 5.32 Å². The molecule has 0 amide bonds. The van der Waals surface area contributed by atoms with Crippen LogP contribution in [0.25, 0.3) is 0 Å². The Kier molecular flexibility index (Phi) is 3.37. The van der Waals surface area contributed by atoms with Crippen molar-refractivity contribution in [2.24, 2.45) is 0 Å². The van der Waals surface area contributed by atoms with Gasteiger partial charge in [-0.3, -0.25) is 10.1 Å². The summed E-state index contributed by atoms with van der Waals surface area (Å²) in [6.07, 6.45) is 0. The van der Waals surface area contributed by atoms with Crippen LogP contribution in [0.2, 0.25) is 0 Å². The average Bonchev–Trinajstić information content (AvgIpc) is 2.34. The van der Waals surface area contributed by atoms with Crippen molar-refractivity contribution >= 4 is 29.5 Å². The van der Waals surface area contributed by atoms with Crippen LogP contribution in [0.4, 0.5) is 0 Å². The fraction of sp³-hybridized carbons (Fsp3) is 0.800. The summed E-state index contributed by atoms with van der Waals surface area (Å²) in [7, 11) is 0. The molecule has 10 heavy (non-hydrogen) atoms. The number of carbonyl (C=O) groups is 1. The minimum atomic E-state index is -0.784. The van der Waals surface area contributed by atoms with Crippen LogP contribution in [0.3, 0.4) is 0 Å². The summed E-state index contributed by atoms with van der Waals surface area (Å²) in [5.74, 6) is 1.47. The highest BCUT2D eigenvalue weighted by atomic mass is 32.2. The summed E-state index contributed by atoms with van der Waals surface area (Å²) < 4.78 is 0.302. The topological polar surface area (TPSA) is 49.3 Å². The van der Waals surface area contributed by atoms with E-state index in [1.54, 1.807) is 23.5 Å². The highest BCUT2D eigenvalue weighted by molar-refractivity contribution is 8.20. The number of nitrogens with one attached hydrogen (secondary N) is 1. The predicted octanol–water partition coefficient (Wildman–Crippen LogP) is 0.424. The third-order valence-corrected chi connectivity index (χ3v) is 3.94. The SMILES string of the molecule is O=C(O)CNC1SCCS1. The molecule has 0 spiro atoms. The summed E-state index contributed by atoms with van der Waals surface area (Å²) in [5, 5.41) is 11.2. The summed E-state index contributed by atoms with van der Waals surface area (Å²) in [6, 6.07) is 0. The molecular formula is C5H9NO2S2. The van der Waals surface area contributed by atoms with E-state index in [9.17, 15) is 4.79 Å². The molecule has 0 atom stereocenters. The van der Waals surface area contributed by atoms with Gasteiger partial charge in [0.2, 0.25) is 0 Å². The second-order valence-corrected chi connectivity index (χ2v) is 4.57. The molecule has 0 unspecified atom stereocenters. The van der Waals surface area contributed by atoms with Gasteiger partial charge in [0.05, 0.1) is 6.54 Å². The first-order chi connectivity index (χ1) is 4.79. The molecule has 2 N–H and O–H groups in total. The van der Waals surface area contributed by atoms with Crippen LogP contribution in [0, 0.1) is 0 Å². The molecule has 0 aliphatic carbocycles. The van der Waals surface area contributed by atoms with E-state index in [4.69, 9.17) is 5.11 Å². The van der Waals surface area contributed by atoms with Crippen LogP contribution in [-0.4, -0.2) is 33.8 Å². The first-order valence-corrected chi connectivity index (χ1v) is 5.07. The molecule has 1 aliphatic heterocycles. The third kappa shape index (κ3) is 2.81. The number of hydrogen-bond acceptors (Lipinski definition) is 4. The molecule has 0 saturated carbocycles. The maximum atomic E-state index is 10.1. The fourth-order valence-corrected chi connectivity index (χ4v) is 3.21. The molecule has 0 bridgehead atoms. The Morgan fingerprint density at radius 1 is 1.60 bits per heavy atom. The molecule has 0 radical (unpaired) electrons. The molecule has 1 heterocycles. The zero-order chi connectivity index (χ0) is 7.40.